The molecule has 0 aliphatic rings. The Bertz CT molecular complexity index is 162. The minimum absolute atomic E-state index is 0.0494. The lowest BCUT2D eigenvalue weighted by Crippen LogP contribution is -2.36. The first kappa shape index (κ1) is 13.4. The van der Waals surface area contributed by atoms with E-state index in [0.29, 0.717) is 13.0 Å². The number of aliphatic hydroxyl groups is 1. The number of aliphatic carboxylic acids is 1. The molecule has 0 aromatic rings. The molecule has 0 spiro atoms. The van der Waals surface area contributed by atoms with Gasteiger partial charge in [-0.3, -0.25) is 9.69 Å². The van der Waals surface area contributed by atoms with E-state index in [1.807, 2.05) is 23.9 Å². The highest BCUT2D eigenvalue weighted by atomic mass is 16.4. The first-order valence-electron chi connectivity index (χ1n) is 4.76. The molecule has 5 heteroatoms. The van der Waals surface area contributed by atoms with E-state index in [1.54, 1.807) is 0 Å². The van der Waals surface area contributed by atoms with Gasteiger partial charge >= 0.3 is 5.97 Å². The van der Waals surface area contributed by atoms with Crippen molar-refractivity contribution >= 4 is 5.97 Å². The molecule has 0 fully saturated rings. The van der Waals surface area contributed by atoms with Crippen molar-refractivity contribution in [1.29, 1.82) is 0 Å². The van der Waals surface area contributed by atoms with Crippen molar-refractivity contribution < 1.29 is 15.0 Å². The van der Waals surface area contributed by atoms with Crippen LogP contribution in [0, 0.1) is 0 Å². The van der Waals surface area contributed by atoms with Crippen LogP contribution in [0.5, 0.6) is 0 Å². The molecule has 0 atom stereocenters. The molecular weight excluding hydrogens is 184 g/mol. The molecule has 0 unspecified atom stereocenters. The van der Waals surface area contributed by atoms with Crippen molar-refractivity contribution in [1.82, 2.24) is 9.80 Å². The van der Waals surface area contributed by atoms with Gasteiger partial charge < -0.3 is 15.1 Å². The van der Waals surface area contributed by atoms with Gasteiger partial charge in [-0.05, 0) is 20.5 Å². The number of carboxylic acids is 1. The van der Waals surface area contributed by atoms with E-state index in [0.717, 1.165) is 13.1 Å². The number of hydrogen-bond acceptors (Lipinski definition) is 4. The summed E-state index contributed by atoms with van der Waals surface area (Å²) >= 11 is 0. The second-order valence-electron chi connectivity index (χ2n) is 3.55. The van der Waals surface area contributed by atoms with Crippen LogP contribution in [0.1, 0.15) is 6.42 Å². The SMILES string of the molecule is CN(C)CCN(CCCO)CC(=O)O. The lowest BCUT2D eigenvalue weighted by Gasteiger charge is -2.21. The molecule has 2 N–H and O–H groups in total. The molecule has 14 heavy (non-hydrogen) atoms. The highest BCUT2D eigenvalue weighted by Gasteiger charge is 2.08. The summed E-state index contributed by atoms with van der Waals surface area (Å²) in [7, 11) is 3.90. The fourth-order valence-corrected chi connectivity index (χ4v) is 1.10. The fourth-order valence-electron chi connectivity index (χ4n) is 1.10. The Labute approximate surface area is 84.9 Å². The predicted octanol–water partition coefficient (Wildman–Crippen LogP) is -0.683. The van der Waals surface area contributed by atoms with Crippen LogP contribution in [0.4, 0.5) is 0 Å². The Hall–Kier alpha value is -0.650. The predicted molar refractivity (Wildman–Crippen MR) is 54.3 cm³/mol. The summed E-state index contributed by atoms with van der Waals surface area (Å²) < 4.78 is 0. The molecule has 0 saturated heterocycles. The van der Waals surface area contributed by atoms with Crippen LogP contribution in [-0.4, -0.2) is 72.9 Å². The molecule has 0 radical (unpaired) electrons. The van der Waals surface area contributed by atoms with Gasteiger partial charge in [0, 0.05) is 26.2 Å². The van der Waals surface area contributed by atoms with Crippen molar-refractivity contribution in [3.63, 3.8) is 0 Å². The largest absolute Gasteiger partial charge is 0.480 e. The Morgan fingerprint density at radius 2 is 1.86 bits per heavy atom. The van der Waals surface area contributed by atoms with Gasteiger partial charge in [0.15, 0.2) is 0 Å². The molecule has 0 rings (SSSR count). The van der Waals surface area contributed by atoms with E-state index >= 15 is 0 Å². The van der Waals surface area contributed by atoms with Crippen LogP contribution in [0.25, 0.3) is 0 Å². The minimum atomic E-state index is -0.818. The van der Waals surface area contributed by atoms with Gasteiger partial charge in [0.2, 0.25) is 0 Å². The second-order valence-corrected chi connectivity index (χ2v) is 3.55. The molecule has 0 amide bonds. The molecule has 0 heterocycles. The molecule has 0 aromatic heterocycles. The van der Waals surface area contributed by atoms with Gasteiger partial charge in [-0.15, -0.1) is 0 Å². The summed E-state index contributed by atoms with van der Waals surface area (Å²) in [4.78, 5) is 14.3. The first-order chi connectivity index (χ1) is 6.56. The van der Waals surface area contributed by atoms with Gasteiger partial charge in [0.05, 0.1) is 6.54 Å². The highest BCUT2D eigenvalue weighted by Crippen LogP contribution is 1.92. The van der Waals surface area contributed by atoms with E-state index in [1.165, 1.54) is 0 Å². The monoisotopic (exact) mass is 204 g/mol. The molecule has 0 saturated carbocycles. The van der Waals surface area contributed by atoms with Gasteiger partial charge in [0.1, 0.15) is 0 Å². The first-order valence-corrected chi connectivity index (χ1v) is 4.76. The zero-order chi connectivity index (χ0) is 11.0. The van der Waals surface area contributed by atoms with Gasteiger partial charge in [0.25, 0.3) is 0 Å². The smallest absolute Gasteiger partial charge is 0.317 e. The van der Waals surface area contributed by atoms with Crippen molar-refractivity contribution in [3.8, 4) is 0 Å². The second kappa shape index (κ2) is 7.73. The summed E-state index contributed by atoms with van der Waals surface area (Å²) in [6, 6.07) is 0. The lowest BCUT2D eigenvalue weighted by molar-refractivity contribution is -0.138. The van der Waals surface area contributed by atoms with Crippen LogP contribution in [0.2, 0.25) is 0 Å². The number of likely N-dealkylation sites (N-methyl/N-ethyl adjacent to an activating group) is 1. The Balaban J connectivity index is 3.78. The number of rotatable bonds is 8. The van der Waals surface area contributed by atoms with E-state index in [-0.39, 0.29) is 13.2 Å². The minimum Gasteiger partial charge on any atom is -0.480 e. The average Bonchev–Trinajstić information content (AvgIpc) is 2.09. The number of hydrogen-bond donors (Lipinski definition) is 2. The van der Waals surface area contributed by atoms with Crippen LogP contribution >= 0.6 is 0 Å². The highest BCUT2D eigenvalue weighted by molar-refractivity contribution is 5.69. The van der Waals surface area contributed by atoms with E-state index in [4.69, 9.17) is 10.2 Å². The van der Waals surface area contributed by atoms with Crippen molar-refractivity contribution in [2.75, 3.05) is 46.9 Å². The van der Waals surface area contributed by atoms with Gasteiger partial charge in [-0.25, -0.2) is 0 Å². The van der Waals surface area contributed by atoms with Crippen LogP contribution < -0.4 is 0 Å². The van der Waals surface area contributed by atoms with E-state index in [2.05, 4.69) is 0 Å². The Morgan fingerprint density at radius 1 is 1.21 bits per heavy atom. The summed E-state index contributed by atoms with van der Waals surface area (Å²) in [5.41, 5.74) is 0. The zero-order valence-electron chi connectivity index (χ0n) is 8.94. The number of aliphatic hydroxyl groups excluding tert-OH is 1. The maximum atomic E-state index is 10.5. The number of carbonyl (C=O) groups is 1. The van der Waals surface area contributed by atoms with Gasteiger partial charge in [-0.2, -0.15) is 0 Å². The third kappa shape index (κ3) is 7.97. The van der Waals surface area contributed by atoms with Crippen LogP contribution in [-0.2, 0) is 4.79 Å². The Morgan fingerprint density at radius 3 is 2.29 bits per heavy atom. The van der Waals surface area contributed by atoms with E-state index < -0.39 is 5.97 Å². The normalized spacial score (nSPS) is 11.2. The molecule has 5 nitrogen and oxygen atoms in total. The zero-order valence-corrected chi connectivity index (χ0v) is 8.94. The number of carboxylic acid groups (broad SMARTS) is 1. The molecule has 0 aromatic carbocycles. The van der Waals surface area contributed by atoms with Crippen molar-refractivity contribution in [2.45, 2.75) is 6.42 Å². The van der Waals surface area contributed by atoms with Gasteiger partial charge in [-0.1, -0.05) is 0 Å². The Kier molecular flexibility index (Phi) is 7.37. The average molecular weight is 204 g/mol. The molecule has 0 aliphatic carbocycles. The third-order valence-corrected chi connectivity index (χ3v) is 1.85. The van der Waals surface area contributed by atoms with Crippen molar-refractivity contribution in [3.05, 3.63) is 0 Å². The number of nitrogens with zero attached hydrogens (tertiary/aromatic N) is 2. The van der Waals surface area contributed by atoms with Crippen LogP contribution in [0.15, 0.2) is 0 Å². The summed E-state index contributed by atoms with van der Waals surface area (Å²) in [5.74, 6) is -0.818. The summed E-state index contributed by atoms with van der Waals surface area (Å²) in [6.45, 7) is 2.35. The van der Waals surface area contributed by atoms with Crippen molar-refractivity contribution in [2.24, 2.45) is 0 Å². The summed E-state index contributed by atoms with van der Waals surface area (Å²) in [6.07, 6.45) is 0.626. The fraction of sp³-hybridized carbons (Fsp3) is 0.889. The summed E-state index contributed by atoms with van der Waals surface area (Å²) in [5, 5.41) is 17.3. The maximum Gasteiger partial charge on any atom is 0.317 e. The van der Waals surface area contributed by atoms with E-state index in [9.17, 15) is 4.79 Å². The standard InChI is InChI=1S/C9H20N2O3/c1-10(2)5-6-11(4-3-7-12)8-9(13)14/h12H,3-8H2,1-2H3,(H,13,14). The molecular formula is C9H20N2O3. The molecule has 0 bridgehead atoms. The maximum absolute atomic E-state index is 10.5. The third-order valence-electron chi connectivity index (χ3n) is 1.85. The molecule has 84 valence electrons. The van der Waals surface area contributed by atoms with Crippen LogP contribution in [0.3, 0.4) is 0 Å². The lowest BCUT2D eigenvalue weighted by atomic mass is 10.3. The quantitative estimate of drug-likeness (QED) is 0.548. The molecule has 0 aliphatic heterocycles. The topological polar surface area (TPSA) is 64.0 Å².